The molecule has 0 atom stereocenters. The van der Waals surface area contributed by atoms with Crippen LogP contribution in [0.2, 0.25) is 0 Å². The number of hydrogen-bond acceptors (Lipinski definition) is 1. The van der Waals surface area contributed by atoms with Gasteiger partial charge in [-0.15, -0.1) is 0 Å². The maximum absolute atomic E-state index is 4.29. The van der Waals surface area contributed by atoms with Gasteiger partial charge in [-0.05, 0) is 28.8 Å². The molecule has 60 valence electrons. The van der Waals surface area contributed by atoms with Gasteiger partial charge >= 0.3 is 0 Å². The zero-order valence-corrected chi connectivity index (χ0v) is 9.23. The van der Waals surface area contributed by atoms with Gasteiger partial charge in [0.25, 0.3) is 0 Å². The molecule has 1 aliphatic heterocycles. The molecule has 1 nitrogen and oxygen atoms in total. The predicted molar refractivity (Wildman–Crippen MR) is 56.6 cm³/mol. The van der Waals surface area contributed by atoms with Crippen LogP contribution >= 0.6 is 31.9 Å². The highest BCUT2D eigenvalue weighted by Gasteiger charge is 1.96. The molecule has 3 heteroatoms. The Morgan fingerprint density at radius 3 is 3.09 bits per heavy atom. The van der Waals surface area contributed by atoms with Crippen molar-refractivity contribution in [2.75, 3.05) is 5.33 Å². The van der Waals surface area contributed by atoms with Crippen LogP contribution in [0.4, 0.5) is 0 Å². The van der Waals surface area contributed by atoms with Crippen LogP contribution in [0.15, 0.2) is 27.8 Å². The summed E-state index contributed by atoms with van der Waals surface area (Å²) in [5, 5.41) is 0.873. The molecular weight excluding hydrogens is 270 g/mol. The summed E-state index contributed by atoms with van der Waals surface area (Å²) in [5.41, 5.74) is 1.20. The first-order valence-electron chi connectivity index (χ1n) is 3.46. The van der Waals surface area contributed by atoms with Crippen molar-refractivity contribution in [3.05, 3.63) is 22.8 Å². The van der Waals surface area contributed by atoms with Crippen molar-refractivity contribution in [2.45, 2.75) is 12.8 Å². The molecule has 0 unspecified atom stereocenters. The Balaban J connectivity index is 2.72. The summed E-state index contributed by atoms with van der Waals surface area (Å²) >= 11 is 6.77. The first kappa shape index (κ1) is 9.20. The van der Waals surface area contributed by atoms with Crippen molar-refractivity contribution < 1.29 is 0 Å². The van der Waals surface area contributed by atoms with Crippen LogP contribution in [0.5, 0.6) is 0 Å². The van der Waals surface area contributed by atoms with Crippen LogP contribution in [0, 0.1) is 0 Å². The average molecular weight is 279 g/mol. The van der Waals surface area contributed by atoms with Crippen LogP contribution in [0.25, 0.3) is 0 Å². The van der Waals surface area contributed by atoms with Gasteiger partial charge in [0, 0.05) is 21.7 Å². The number of nitrogens with zero attached hydrogens (tertiary/aromatic N) is 1. The van der Waals surface area contributed by atoms with E-state index < -0.39 is 0 Å². The fraction of sp³-hybridized carbons (Fsp3) is 0.375. The van der Waals surface area contributed by atoms with Crippen LogP contribution in [-0.4, -0.2) is 11.0 Å². The lowest BCUT2D eigenvalue weighted by Crippen LogP contribution is -1.98. The summed E-state index contributed by atoms with van der Waals surface area (Å²) in [5.74, 6) is 0. The molecule has 11 heavy (non-hydrogen) atoms. The summed E-state index contributed by atoms with van der Waals surface area (Å²) in [7, 11) is 0. The molecule has 0 amide bonds. The van der Waals surface area contributed by atoms with E-state index in [2.05, 4.69) is 42.9 Å². The average Bonchev–Trinajstić information content (AvgIpc) is 1.98. The summed E-state index contributed by atoms with van der Waals surface area (Å²) in [6.07, 6.45) is 8.16. The first-order valence-corrected chi connectivity index (χ1v) is 5.38. The Bertz CT molecular complexity index is 216. The Morgan fingerprint density at radius 1 is 1.55 bits per heavy atom. The van der Waals surface area contributed by atoms with Crippen molar-refractivity contribution >= 4 is 37.6 Å². The third-order valence-electron chi connectivity index (χ3n) is 1.40. The van der Waals surface area contributed by atoms with Gasteiger partial charge < -0.3 is 0 Å². The van der Waals surface area contributed by atoms with Gasteiger partial charge in [0.15, 0.2) is 0 Å². The van der Waals surface area contributed by atoms with E-state index in [9.17, 15) is 0 Å². The molecule has 0 radical (unpaired) electrons. The fourth-order valence-corrected chi connectivity index (χ4v) is 1.52. The third-order valence-corrected chi connectivity index (χ3v) is 2.52. The highest BCUT2D eigenvalue weighted by atomic mass is 79.9. The summed E-state index contributed by atoms with van der Waals surface area (Å²) in [6.45, 7) is 0. The second-order valence-electron chi connectivity index (χ2n) is 2.28. The van der Waals surface area contributed by atoms with E-state index in [1.54, 1.807) is 0 Å². The van der Waals surface area contributed by atoms with Gasteiger partial charge in [-0.3, -0.25) is 4.99 Å². The monoisotopic (exact) mass is 277 g/mol. The molecule has 0 N–H and O–H groups in total. The zero-order valence-electron chi connectivity index (χ0n) is 6.06. The number of halogens is 2. The first-order chi connectivity index (χ1) is 5.33. The molecular formula is C8H9Br2N. The highest BCUT2D eigenvalue weighted by Crippen LogP contribution is 2.11. The van der Waals surface area contributed by atoms with Crippen molar-refractivity contribution in [2.24, 2.45) is 4.99 Å². The van der Waals surface area contributed by atoms with Crippen molar-refractivity contribution in [3.63, 3.8) is 0 Å². The molecule has 0 aromatic heterocycles. The van der Waals surface area contributed by atoms with E-state index in [-0.39, 0.29) is 0 Å². The fourth-order valence-electron chi connectivity index (χ4n) is 0.808. The van der Waals surface area contributed by atoms with E-state index >= 15 is 0 Å². The van der Waals surface area contributed by atoms with Gasteiger partial charge in [-0.2, -0.15) is 0 Å². The van der Waals surface area contributed by atoms with E-state index in [0.29, 0.717) is 0 Å². The molecule has 0 aromatic rings. The molecule has 1 aliphatic rings. The zero-order chi connectivity index (χ0) is 8.10. The van der Waals surface area contributed by atoms with Gasteiger partial charge in [0.1, 0.15) is 0 Å². The Morgan fingerprint density at radius 2 is 2.36 bits per heavy atom. The van der Waals surface area contributed by atoms with Gasteiger partial charge in [-0.25, -0.2) is 0 Å². The van der Waals surface area contributed by atoms with E-state index in [4.69, 9.17) is 0 Å². The minimum Gasteiger partial charge on any atom is -0.264 e. The molecule has 0 saturated carbocycles. The number of rotatable bonds is 1. The van der Waals surface area contributed by atoms with Crippen LogP contribution in [-0.2, 0) is 0 Å². The number of alkyl halides is 1. The maximum atomic E-state index is 4.29. The van der Waals surface area contributed by atoms with Crippen molar-refractivity contribution in [3.8, 4) is 0 Å². The molecule has 0 bridgehead atoms. The Labute approximate surface area is 83.5 Å². The minimum absolute atomic E-state index is 0.873. The second-order valence-corrected chi connectivity index (χ2v) is 3.76. The van der Waals surface area contributed by atoms with Crippen molar-refractivity contribution in [1.82, 2.24) is 0 Å². The third kappa shape index (κ3) is 3.34. The normalized spacial score (nSPS) is 30.7. The van der Waals surface area contributed by atoms with Gasteiger partial charge in [0.2, 0.25) is 0 Å². The smallest absolute Gasteiger partial charge is 0.0417 e. The van der Waals surface area contributed by atoms with E-state index in [1.807, 2.05) is 12.3 Å². The van der Waals surface area contributed by atoms with E-state index in [1.165, 1.54) is 5.71 Å². The van der Waals surface area contributed by atoms with Crippen LogP contribution < -0.4 is 0 Å². The molecule has 1 heterocycles. The lowest BCUT2D eigenvalue weighted by molar-refractivity contribution is 1.08. The lowest BCUT2D eigenvalue weighted by Gasteiger charge is -2.00. The number of aliphatic imine (C=N–C) groups is 1. The van der Waals surface area contributed by atoms with Crippen molar-refractivity contribution in [1.29, 1.82) is 0 Å². The molecule has 0 saturated heterocycles. The molecule has 0 spiro atoms. The molecule has 1 rings (SSSR count). The molecule has 0 aliphatic carbocycles. The predicted octanol–water partition coefficient (Wildman–Crippen LogP) is 3.41. The van der Waals surface area contributed by atoms with Crippen LogP contribution in [0.1, 0.15) is 12.8 Å². The number of hydrogen-bond donors (Lipinski definition) is 0. The highest BCUT2D eigenvalue weighted by molar-refractivity contribution is 9.11. The summed E-state index contributed by atoms with van der Waals surface area (Å²) in [4.78, 5) is 4.29. The Kier molecular flexibility index (Phi) is 4.08. The summed E-state index contributed by atoms with van der Waals surface area (Å²) < 4.78 is 1.04. The number of allylic oxidation sites excluding steroid dienone is 3. The minimum atomic E-state index is 0.873. The van der Waals surface area contributed by atoms with Crippen LogP contribution in [0.3, 0.4) is 0 Å². The van der Waals surface area contributed by atoms with E-state index in [0.717, 1.165) is 22.7 Å². The lowest BCUT2D eigenvalue weighted by atomic mass is 10.2. The largest absolute Gasteiger partial charge is 0.264 e. The SMILES string of the molecule is BrC/C1=N/C=C(Br)\C=C/CC1. The Hall–Kier alpha value is 0.110. The van der Waals surface area contributed by atoms with Gasteiger partial charge in [0.05, 0.1) is 0 Å². The quantitative estimate of drug-likeness (QED) is 0.652. The summed E-state index contributed by atoms with van der Waals surface area (Å²) in [6, 6.07) is 0. The standard InChI is InChI=1S/C8H9Br2N/c9-5-8-4-2-1-3-7(10)6-11-8/h1,3,6H,2,4-5H2/b3-1-,7-6+,11-8+. The maximum Gasteiger partial charge on any atom is 0.0417 e. The molecule has 0 fully saturated rings. The molecule has 0 aromatic carbocycles. The topological polar surface area (TPSA) is 12.4 Å². The van der Waals surface area contributed by atoms with Gasteiger partial charge in [-0.1, -0.05) is 28.1 Å². The second kappa shape index (κ2) is 4.88.